The Hall–Kier alpha value is -1.93. The van der Waals surface area contributed by atoms with E-state index in [4.69, 9.17) is 5.11 Å². The number of carboxylic acid groups (broad SMARTS) is 1. The van der Waals surface area contributed by atoms with Gasteiger partial charge < -0.3 is 5.11 Å². The minimum Gasteiger partial charge on any atom is -0.477 e. The van der Waals surface area contributed by atoms with Gasteiger partial charge in [0, 0.05) is 11.9 Å². The van der Waals surface area contributed by atoms with E-state index in [1.165, 1.54) is 23.6 Å². The van der Waals surface area contributed by atoms with Crippen LogP contribution in [-0.2, 0) is 10.0 Å². The molecule has 0 unspecified atom stereocenters. The Balaban J connectivity index is 2.46. The molecule has 1 aromatic heterocycles. The predicted molar refractivity (Wildman–Crippen MR) is 77.9 cm³/mol. The van der Waals surface area contributed by atoms with Crippen LogP contribution in [0.25, 0.3) is 0 Å². The fraction of sp³-hybridized carbons (Fsp3) is 0.154. The van der Waals surface area contributed by atoms with Gasteiger partial charge in [-0.05, 0) is 31.2 Å². The molecule has 1 heterocycles. The lowest BCUT2D eigenvalue weighted by Crippen LogP contribution is -2.30. The largest absolute Gasteiger partial charge is 0.477 e. The van der Waals surface area contributed by atoms with Crippen molar-refractivity contribution < 1.29 is 22.7 Å². The summed E-state index contributed by atoms with van der Waals surface area (Å²) in [5, 5.41) is 10.1. The van der Waals surface area contributed by atoms with Gasteiger partial charge in [0.05, 0.1) is 10.6 Å². The topological polar surface area (TPSA) is 74.7 Å². The molecular formula is C13H12FNO4S2. The van der Waals surface area contributed by atoms with E-state index >= 15 is 0 Å². The number of benzene rings is 1. The molecule has 8 heteroatoms. The fourth-order valence-corrected chi connectivity index (χ4v) is 4.38. The average Bonchev–Trinajstić information content (AvgIpc) is 2.89. The average molecular weight is 329 g/mol. The van der Waals surface area contributed by atoms with Crippen molar-refractivity contribution in [3.05, 3.63) is 46.4 Å². The Kier molecular flexibility index (Phi) is 4.29. The van der Waals surface area contributed by atoms with Gasteiger partial charge in [0.2, 0.25) is 0 Å². The van der Waals surface area contributed by atoms with Crippen molar-refractivity contribution in [2.45, 2.75) is 11.8 Å². The third-order valence-corrected chi connectivity index (χ3v) is 5.71. The van der Waals surface area contributed by atoms with Gasteiger partial charge in [-0.3, -0.25) is 4.31 Å². The summed E-state index contributed by atoms with van der Waals surface area (Å²) in [4.78, 5) is 10.7. The fourth-order valence-electron chi connectivity index (χ4n) is 1.82. The molecule has 0 saturated heterocycles. The minimum atomic E-state index is -3.92. The van der Waals surface area contributed by atoms with Crippen LogP contribution in [0.5, 0.6) is 0 Å². The number of nitrogens with zero attached hydrogens (tertiary/aromatic N) is 1. The van der Waals surface area contributed by atoms with E-state index in [9.17, 15) is 17.6 Å². The van der Waals surface area contributed by atoms with Gasteiger partial charge in [-0.2, -0.15) is 0 Å². The summed E-state index contributed by atoms with van der Waals surface area (Å²) in [6.07, 6.45) is 0. The molecule has 0 atom stereocenters. The van der Waals surface area contributed by atoms with Crippen LogP contribution in [0.3, 0.4) is 0 Å². The van der Waals surface area contributed by atoms with Gasteiger partial charge in [0.15, 0.2) is 0 Å². The van der Waals surface area contributed by atoms with Crippen LogP contribution in [0, 0.1) is 5.82 Å². The maximum Gasteiger partial charge on any atom is 0.345 e. The second-order valence-electron chi connectivity index (χ2n) is 4.10. The lowest BCUT2D eigenvalue weighted by molar-refractivity contribution is 0.0702. The number of halogens is 1. The van der Waals surface area contributed by atoms with Crippen molar-refractivity contribution >= 4 is 33.0 Å². The first-order valence-corrected chi connectivity index (χ1v) is 8.28. The third-order valence-electron chi connectivity index (χ3n) is 2.76. The van der Waals surface area contributed by atoms with Crippen molar-refractivity contribution in [1.82, 2.24) is 0 Å². The Labute approximate surface area is 125 Å². The van der Waals surface area contributed by atoms with Gasteiger partial charge in [-0.25, -0.2) is 17.6 Å². The number of hydrogen-bond acceptors (Lipinski definition) is 4. The van der Waals surface area contributed by atoms with Crippen molar-refractivity contribution in [3.8, 4) is 0 Å². The highest BCUT2D eigenvalue weighted by Gasteiger charge is 2.26. The molecule has 0 bridgehead atoms. The number of carboxylic acids is 1. The number of anilines is 1. The van der Waals surface area contributed by atoms with Crippen LogP contribution in [0.2, 0.25) is 0 Å². The number of carbonyl (C=O) groups is 1. The molecule has 2 rings (SSSR count). The Morgan fingerprint density at radius 1 is 1.38 bits per heavy atom. The first-order valence-electron chi connectivity index (χ1n) is 5.96. The van der Waals surface area contributed by atoms with Gasteiger partial charge >= 0.3 is 5.97 Å². The summed E-state index contributed by atoms with van der Waals surface area (Å²) in [5.74, 6) is -1.73. The monoisotopic (exact) mass is 329 g/mol. The zero-order valence-electron chi connectivity index (χ0n) is 11.0. The van der Waals surface area contributed by atoms with E-state index in [1.807, 2.05) is 0 Å². The van der Waals surface area contributed by atoms with Gasteiger partial charge in [-0.15, -0.1) is 11.3 Å². The van der Waals surface area contributed by atoms with E-state index in [-0.39, 0.29) is 22.0 Å². The van der Waals surface area contributed by atoms with Gasteiger partial charge in [0.1, 0.15) is 10.7 Å². The number of hydrogen-bond donors (Lipinski definition) is 1. The molecule has 0 aliphatic heterocycles. The third kappa shape index (κ3) is 3.06. The maximum atomic E-state index is 13.3. The number of sulfonamides is 1. The molecule has 0 radical (unpaired) electrons. The zero-order chi connectivity index (χ0) is 15.6. The smallest absolute Gasteiger partial charge is 0.345 e. The normalized spacial score (nSPS) is 11.3. The van der Waals surface area contributed by atoms with E-state index in [0.717, 1.165) is 27.8 Å². The first kappa shape index (κ1) is 15.5. The van der Waals surface area contributed by atoms with Crippen molar-refractivity contribution in [2.75, 3.05) is 10.8 Å². The second-order valence-corrected chi connectivity index (χ2v) is 6.88. The number of rotatable bonds is 5. The Bertz CT molecular complexity index is 770. The molecule has 0 spiro atoms. The molecule has 0 fully saturated rings. The van der Waals surface area contributed by atoms with Gasteiger partial charge in [0.25, 0.3) is 10.0 Å². The van der Waals surface area contributed by atoms with Crippen molar-refractivity contribution in [2.24, 2.45) is 0 Å². The zero-order valence-corrected chi connectivity index (χ0v) is 12.6. The molecular weight excluding hydrogens is 317 g/mol. The lowest BCUT2D eigenvalue weighted by Gasteiger charge is -2.22. The van der Waals surface area contributed by atoms with E-state index in [1.54, 1.807) is 6.92 Å². The van der Waals surface area contributed by atoms with E-state index in [0.29, 0.717) is 0 Å². The molecule has 5 nitrogen and oxygen atoms in total. The summed E-state index contributed by atoms with van der Waals surface area (Å²) >= 11 is 0.831. The molecule has 2 aromatic rings. The predicted octanol–water partition coefficient (Wildman–Crippen LogP) is 2.80. The highest BCUT2D eigenvalue weighted by Crippen LogP contribution is 2.27. The van der Waals surface area contributed by atoms with Crippen LogP contribution in [0.1, 0.15) is 16.6 Å². The molecule has 1 aromatic carbocycles. The van der Waals surface area contributed by atoms with Crippen LogP contribution < -0.4 is 4.31 Å². The molecule has 112 valence electrons. The second kappa shape index (κ2) is 5.82. The molecule has 0 amide bonds. The van der Waals surface area contributed by atoms with Crippen LogP contribution in [-0.4, -0.2) is 26.0 Å². The van der Waals surface area contributed by atoms with E-state index < -0.39 is 21.8 Å². The summed E-state index contributed by atoms with van der Waals surface area (Å²) in [6.45, 7) is 1.72. The maximum absolute atomic E-state index is 13.3. The summed E-state index contributed by atoms with van der Waals surface area (Å²) in [7, 11) is -3.92. The van der Waals surface area contributed by atoms with Crippen LogP contribution >= 0.6 is 11.3 Å². The molecule has 0 aliphatic rings. The molecule has 1 N–H and O–H groups in total. The lowest BCUT2D eigenvalue weighted by atomic mass is 10.3. The quantitative estimate of drug-likeness (QED) is 0.915. The Morgan fingerprint density at radius 2 is 2.10 bits per heavy atom. The standard InChI is InChI=1S/C13H12FNO4S2/c1-2-15(10-5-3-4-9(14)6-10)21(18,19)11-7-12(13(16)17)20-8-11/h3-8H,2H2,1H3,(H,16,17). The van der Waals surface area contributed by atoms with E-state index in [2.05, 4.69) is 0 Å². The van der Waals surface area contributed by atoms with Gasteiger partial charge in [-0.1, -0.05) is 6.07 Å². The minimum absolute atomic E-state index is 0.0659. The molecule has 0 saturated carbocycles. The number of thiophene rings is 1. The molecule has 0 aliphatic carbocycles. The number of aromatic carboxylic acids is 1. The summed E-state index contributed by atoms with van der Waals surface area (Å²) in [6, 6.07) is 6.33. The molecule has 21 heavy (non-hydrogen) atoms. The highest BCUT2D eigenvalue weighted by atomic mass is 32.2. The van der Waals surface area contributed by atoms with Crippen LogP contribution in [0.15, 0.2) is 40.6 Å². The summed E-state index contributed by atoms with van der Waals surface area (Å²) in [5.41, 5.74) is 0.195. The van der Waals surface area contributed by atoms with Crippen molar-refractivity contribution in [3.63, 3.8) is 0 Å². The Morgan fingerprint density at radius 3 is 2.62 bits per heavy atom. The summed E-state index contributed by atoms with van der Waals surface area (Å²) < 4.78 is 39.4. The van der Waals surface area contributed by atoms with Crippen molar-refractivity contribution in [1.29, 1.82) is 0 Å². The SMILES string of the molecule is CCN(c1cccc(F)c1)S(=O)(=O)c1csc(C(=O)O)c1. The highest BCUT2D eigenvalue weighted by molar-refractivity contribution is 7.93. The van der Waals surface area contributed by atoms with Crippen LogP contribution in [0.4, 0.5) is 10.1 Å². The first-order chi connectivity index (χ1) is 9.86.